The van der Waals surface area contributed by atoms with Crippen LogP contribution in [0, 0.1) is 32.1 Å². The van der Waals surface area contributed by atoms with E-state index in [0.29, 0.717) is 10.7 Å². The predicted molar refractivity (Wildman–Crippen MR) is 111 cm³/mol. The Bertz CT molecular complexity index is 1110. The molecule has 0 radical (unpaired) electrons. The highest BCUT2D eigenvalue weighted by Gasteiger charge is 2.15. The third-order valence-corrected chi connectivity index (χ3v) is 4.96. The molecule has 0 saturated heterocycles. The number of nitrogens with one attached hydrogen (secondary N) is 1. The minimum Gasteiger partial charge on any atom is -0.321 e. The number of hydrogen-bond acceptors (Lipinski definition) is 3. The van der Waals surface area contributed by atoms with Crippen LogP contribution in [0.3, 0.4) is 0 Å². The van der Waals surface area contributed by atoms with Crippen LogP contribution in [-0.2, 0) is 4.79 Å². The first-order valence-electron chi connectivity index (χ1n) is 8.70. The summed E-state index contributed by atoms with van der Waals surface area (Å²) in [5.74, 6) is -0.473. The number of carbonyl (C=O) groups excluding carboxylic acids is 1. The number of anilines is 1. The summed E-state index contributed by atoms with van der Waals surface area (Å²) < 4.78 is 2.03. The van der Waals surface area contributed by atoms with Crippen molar-refractivity contribution in [2.24, 2.45) is 0 Å². The Morgan fingerprint density at radius 1 is 1.25 bits per heavy atom. The Balaban J connectivity index is 1.94. The fourth-order valence-corrected chi connectivity index (χ4v) is 3.23. The summed E-state index contributed by atoms with van der Waals surface area (Å²) in [6.45, 7) is 5.73. The molecule has 0 spiro atoms. The van der Waals surface area contributed by atoms with Crippen LogP contribution in [0.15, 0.2) is 54.4 Å². The molecule has 0 atom stereocenters. The lowest BCUT2D eigenvalue weighted by Crippen LogP contribution is -2.14. The lowest BCUT2D eigenvalue weighted by Gasteiger charge is -2.09. The number of aromatic nitrogens is 2. The molecule has 1 amide bonds. The van der Waals surface area contributed by atoms with E-state index in [9.17, 15) is 10.1 Å². The summed E-state index contributed by atoms with van der Waals surface area (Å²) in [6, 6.07) is 13.0. The fraction of sp³-hybridized carbons (Fsp3) is 0.136. The molecule has 3 rings (SSSR count). The van der Waals surface area contributed by atoms with E-state index in [4.69, 9.17) is 11.6 Å². The van der Waals surface area contributed by atoms with Crippen molar-refractivity contribution in [3.05, 3.63) is 81.9 Å². The van der Waals surface area contributed by atoms with Crippen molar-refractivity contribution in [2.45, 2.75) is 20.8 Å². The SMILES string of the molecule is Cc1c(Cl)cccc1NC(=O)/C(C#N)=C\c1cc(C)n(-c2cccnc2)c1C. The predicted octanol–water partition coefficient (Wildman–Crippen LogP) is 5.00. The van der Waals surface area contributed by atoms with Gasteiger partial charge in [0.2, 0.25) is 0 Å². The van der Waals surface area contributed by atoms with Gasteiger partial charge in [0.1, 0.15) is 11.6 Å². The fourth-order valence-electron chi connectivity index (χ4n) is 3.05. The van der Waals surface area contributed by atoms with Gasteiger partial charge in [0, 0.05) is 28.3 Å². The van der Waals surface area contributed by atoms with Crippen molar-refractivity contribution in [1.82, 2.24) is 9.55 Å². The quantitative estimate of drug-likeness (QED) is 0.503. The Morgan fingerprint density at radius 2 is 2.04 bits per heavy atom. The van der Waals surface area contributed by atoms with Crippen molar-refractivity contribution in [3.8, 4) is 11.8 Å². The topological polar surface area (TPSA) is 70.7 Å². The first-order chi connectivity index (χ1) is 13.4. The molecule has 140 valence electrons. The van der Waals surface area contributed by atoms with Gasteiger partial charge in [-0.15, -0.1) is 0 Å². The molecule has 0 saturated carbocycles. The monoisotopic (exact) mass is 390 g/mol. The van der Waals surface area contributed by atoms with Crippen LogP contribution in [-0.4, -0.2) is 15.5 Å². The highest BCUT2D eigenvalue weighted by Crippen LogP contribution is 2.25. The van der Waals surface area contributed by atoms with Gasteiger partial charge in [-0.2, -0.15) is 5.26 Å². The van der Waals surface area contributed by atoms with E-state index in [1.807, 2.05) is 49.6 Å². The third-order valence-electron chi connectivity index (χ3n) is 4.56. The number of rotatable bonds is 4. The maximum atomic E-state index is 12.6. The Labute approximate surface area is 168 Å². The third kappa shape index (κ3) is 3.83. The van der Waals surface area contributed by atoms with Gasteiger partial charge in [0.05, 0.1) is 11.9 Å². The Kier molecular flexibility index (Phi) is 5.62. The normalized spacial score (nSPS) is 11.2. The summed E-state index contributed by atoms with van der Waals surface area (Å²) in [5.41, 5.74) is 4.99. The van der Waals surface area contributed by atoms with Crippen LogP contribution in [0.25, 0.3) is 11.8 Å². The lowest BCUT2D eigenvalue weighted by atomic mass is 10.1. The molecule has 1 N–H and O–H groups in total. The molecule has 5 nitrogen and oxygen atoms in total. The van der Waals surface area contributed by atoms with Crippen LogP contribution >= 0.6 is 11.6 Å². The number of nitrogens with zero attached hydrogens (tertiary/aromatic N) is 3. The molecule has 0 aliphatic rings. The molecule has 0 aliphatic carbocycles. The second kappa shape index (κ2) is 8.12. The lowest BCUT2D eigenvalue weighted by molar-refractivity contribution is -0.112. The van der Waals surface area contributed by atoms with Gasteiger partial charge in [-0.1, -0.05) is 17.7 Å². The number of hydrogen-bond donors (Lipinski definition) is 1. The van der Waals surface area contributed by atoms with E-state index in [-0.39, 0.29) is 5.57 Å². The standard InChI is InChI=1S/C22H19ClN4O/c1-14-10-17(16(3)27(14)19-6-5-9-25-13-19)11-18(12-24)22(28)26-21-8-4-7-20(23)15(21)2/h4-11,13H,1-3H3,(H,26,28)/b18-11-. The van der Waals surface area contributed by atoms with E-state index < -0.39 is 5.91 Å². The molecule has 0 unspecified atom stereocenters. The van der Waals surface area contributed by atoms with Crippen molar-refractivity contribution >= 4 is 29.3 Å². The summed E-state index contributed by atoms with van der Waals surface area (Å²) in [4.78, 5) is 16.8. The van der Waals surface area contributed by atoms with Gasteiger partial charge in [-0.05, 0) is 68.3 Å². The maximum absolute atomic E-state index is 12.6. The minimum atomic E-state index is -0.473. The number of nitriles is 1. The van der Waals surface area contributed by atoms with Crippen LogP contribution in [0.2, 0.25) is 5.02 Å². The largest absolute Gasteiger partial charge is 0.321 e. The molecule has 0 aliphatic heterocycles. The molecule has 28 heavy (non-hydrogen) atoms. The molecule has 2 aromatic heterocycles. The maximum Gasteiger partial charge on any atom is 0.266 e. The number of carbonyl (C=O) groups is 1. The molecular formula is C22H19ClN4O. The Morgan fingerprint density at radius 3 is 2.71 bits per heavy atom. The van der Waals surface area contributed by atoms with Gasteiger partial charge >= 0.3 is 0 Å². The van der Waals surface area contributed by atoms with Gasteiger partial charge < -0.3 is 9.88 Å². The van der Waals surface area contributed by atoms with E-state index in [2.05, 4.69) is 10.3 Å². The van der Waals surface area contributed by atoms with Gasteiger partial charge in [0.25, 0.3) is 5.91 Å². The number of pyridine rings is 1. The van der Waals surface area contributed by atoms with Crippen LogP contribution in [0.5, 0.6) is 0 Å². The molecule has 2 heterocycles. The second-order valence-electron chi connectivity index (χ2n) is 6.41. The van der Waals surface area contributed by atoms with Crippen LogP contribution < -0.4 is 5.32 Å². The average Bonchev–Trinajstić information content (AvgIpc) is 2.97. The van der Waals surface area contributed by atoms with Crippen molar-refractivity contribution in [3.63, 3.8) is 0 Å². The van der Waals surface area contributed by atoms with Gasteiger partial charge in [0.15, 0.2) is 0 Å². The highest BCUT2D eigenvalue weighted by molar-refractivity contribution is 6.31. The number of amides is 1. The van der Waals surface area contributed by atoms with Crippen LogP contribution in [0.4, 0.5) is 5.69 Å². The molecule has 1 aromatic carbocycles. The second-order valence-corrected chi connectivity index (χ2v) is 6.82. The molecule has 0 fully saturated rings. The van der Waals surface area contributed by atoms with E-state index in [1.54, 1.807) is 36.7 Å². The van der Waals surface area contributed by atoms with E-state index in [0.717, 1.165) is 28.2 Å². The van der Waals surface area contributed by atoms with Crippen molar-refractivity contribution in [1.29, 1.82) is 5.26 Å². The summed E-state index contributed by atoms with van der Waals surface area (Å²) in [6.07, 6.45) is 5.09. The Hall–Kier alpha value is -3.36. The number of benzene rings is 1. The summed E-state index contributed by atoms with van der Waals surface area (Å²) in [5, 5.41) is 12.8. The zero-order valence-corrected chi connectivity index (χ0v) is 16.6. The number of halogens is 1. The van der Waals surface area contributed by atoms with Gasteiger partial charge in [-0.3, -0.25) is 9.78 Å². The average molecular weight is 391 g/mol. The smallest absolute Gasteiger partial charge is 0.266 e. The summed E-state index contributed by atoms with van der Waals surface area (Å²) >= 11 is 6.10. The first kappa shape index (κ1) is 19.4. The minimum absolute atomic E-state index is 0.0193. The van der Waals surface area contributed by atoms with Crippen molar-refractivity contribution < 1.29 is 4.79 Å². The summed E-state index contributed by atoms with van der Waals surface area (Å²) in [7, 11) is 0. The zero-order chi connectivity index (χ0) is 20.3. The molecule has 0 bridgehead atoms. The number of aryl methyl sites for hydroxylation is 1. The van der Waals surface area contributed by atoms with E-state index >= 15 is 0 Å². The molecule has 6 heteroatoms. The highest BCUT2D eigenvalue weighted by atomic mass is 35.5. The van der Waals surface area contributed by atoms with Crippen LogP contribution in [0.1, 0.15) is 22.5 Å². The molecular weight excluding hydrogens is 372 g/mol. The molecule has 3 aromatic rings. The first-order valence-corrected chi connectivity index (χ1v) is 9.07. The zero-order valence-electron chi connectivity index (χ0n) is 15.8. The van der Waals surface area contributed by atoms with Gasteiger partial charge in [-0.25, -0.2) is 0 Å². The van der Waals surface area contributed by atoms with E-state index in [1.165, 1.54) is 0 Å². The van der Waals surface area contributed by atoms with Crippen molar-refractivity contribution in [2.75, 3.05) is 5.32 Å².